The van der Waals surface area contributed by atoms with Gasteiger partial charge in [-0.1, -0.05) is 62.9 Å². The first kappa shape index (κ1) is 22.6. The molecule has 32 heavy (non-hydrogen) atoms. The van der Waals surface area contributed by atoms with Crippen LogP contribution in [-0.2, 0) is 9.53 Å². The first-order chi connectivity index (χ1) is 15.3. The SMILES string of the molecule is O=C1OC(c2ccccc2Cl)=N/C1=C\c1cc(Br)ccc1OC(=O)c1ccc(Cl)cc1Cl. The molecule has 0 bridgehead atoms. The molecule has 0 radical (unpaired) electrons. The van der Waals surface area contributed by atoms with Crippen molar-refractivity contribution in [3.63, 3.8) is 0 Å². The number of benzene rings is 3. The minimum atomic E-state index is -0.678. The number of halogens is 4. The van der Waals surface area contributed by atoms with Crippen molar-refractivity contribution < 1.29 is 19.1 Å². The molecule has 0 fully saturated rings. The number of hydrogen-bond donors (Lipinski definition) is 0. The Morgan fingerprint density at radius 3 is 2.53 bits per heavy atom. The lowest BCUT2D eigenvalue weighted by Crippen LogP contribution is -2.10. The molecule has 0 saturated carbocycles. The predicted octanol–water partition coefficient (Wildman–Crippen LogP) is 6.97. The van der Waals surface area contributed by atoms with Gasteiger partial charge in [0.05, 0.1) is 21.2 Å². The largest absolute Gasteiger partial charge is 0.422 e. The Morgan fingerprint density at radius 2 is 1.78 bits per heavy atom. The van der Waals surface area contributed by atoms with Gasteiger partial charge in [-0.2, -0.15) is 0 Å². The Hall–Kier alpha value is -2.64. The van der Waals surface area contributed by atoms with Gasteiger partial charge >= 0.3 is 11.9 Å². The minimum absolute atomic E-state index is 0.0276. The number of ether oxygens (including phenoxy) is 2. The number of nitrogens with zero attached hydrogens (tertiary/aromatic N) is 1. The first-order valence-electron chi connectivity index (χ1n) is 9.06. The van der Waals surface area contributed by atoms with Crippen LogP contribution in [0, 0.1) is 0 Å². The van der Waals surface area contributed by atoms with E-state index in [9.17, 15) is 9.59 Å². The van der Waals surface area contributed by atoms with Gasteiger partial charge in [0.15, 0.2) is 5.70 Å². The van der Waals surface area contributed by atoms with Gasteiger partial charge in [0, 0.05) is 15.1 Å². The van der Waals surface area contributed by atoms with E-state index in [1.807, 2.05) is 0 Å². The van der Waals surface area contributed by atoms with Gasteiger partial charge in [0.2, 0.25) is 5.90 Å². The molecule has 3 aromatic rings. The molecule has 9 heteroatoms. The summed E-state index contributed by atoms with van der Waals surface area (Å²) in [6, 6.07) is 16.3. The van der Waals surface area contributed by atoms with E-state index in [1.54, 1.807) is 42.5 Å². The van der Waals surface area contributed by atoms with E-state index in [1.165, 1.54) is 24.3 Å². The third-order valence-electron chi connectivity index (χ3n) is 4.34. The maximum Gasteiger partial charge on any atom is 0.363 e. The fourth-order valence-electron chi connectivity index (χ4n) is 2.84. The van der Waals surface area contributed by atoms with E-state index in [4.69, 9.17) is 44.3 Å². The molecule has 1 aliphatic heterocycles. The van der Waals surface area contributed by atoms with Crippen LogP contribution < -0.4 is 4.74 Å². The quantitative estimate of drug-likeness (QED) is 0.200. The van der Waals surface area contributed by atoms with Crippen molar-refractivity contribution in [1.29, 1.82) is 0 Å². The maximum atomic E-state index is 12.6. The third-order valence-corrected chi connectivity index (χ3v) is 5.71. The van der Waals surface area contributed by atoms with E-state index in [-0.39, 0.29) is 27.9 Å². The van der Waals surface area contributed by atoms with Gasteiger partial charge in [-0.05, 0) is 54.6 Å². The van der Waals surface area contributed by atoms with E-state index in [2.05, 4.69) is 20.9 Å². The minimum Gasteiger partial charge on any atom is -0.422 e. The average Bonchev–Trinajstić information content (AvgIpc) is 3.10. The molecule has 1 aliphatic rings. The highest BCUT2D eigenvalue weighted by Crippen LogP contribution is 2.30. The fourth-order valence-corrected chi connectivity index (χ4v) is 3.92. The van der Waals surface area contributed by atoms with Crippen molar-refractivity contribution >= 4 is 74.6 Å². The molecule has 0 unspecified atom stereocenters. The van der Waals surface area contributed by atoms with Crippen LogP contribution in [0.25, 0.3) is 6.08 Å². The van der Waals surface area contributed by atoms with Gasteiger partial charge in [-0.15, -0.1) is 0 Å². The van der Waals surface area contributed by atoms with E-state index in [0.29, 0.717) is 25.6 Å². The first-order valence-corrected chi connectivity index (χ1v) is 11.0. The van der Waals surface area contributed by atoms with Crippen molar-refractivity contribution in [3.8, 4) is 5.75 Å². The highest BCUT2D eigenvalue weighted by atomic mass is 79.9. The lowest BCUT2D eigenvalue weighted by molar-refractivity contribution is -0.129. The van der Waals surface area contributed by atoms with E-state index in [0.717, 1.165) is 0 Å². The second-order valence-corrected chi connectivity index (χ2v) is 8.68. The highest BCUT2D eigenvalue weighted by molar-refractivity contribution is 9.10. The summed E-state index contributed by atoms with van der Waals surface area (Å²) in [6.45, 7) is 0. The van der Waals surface area contributed by atoms with Crippen molar-refractivity contribution in [2.45, 2.75) is 0 Å². The van der Waals surface area contributed by atoms with Crippen LogP contribution in [0.5, 0.6) is 5.75 Å². The molecule has 160 valence electrons. The van der Waals surface area contributed by atoms with Crippen molar-refractivity contribution in [3.05, 3.63) is 103 Å². The predicted molar refractivity (Wildman–Crippen MR) is 128 cm³/mol. The Kier molecular flexibility index (Phi) is 6.67. The smallest absolute Gasteiger partial charge is 0.363 e. The summed E-state index contributed by atoms with van der Waals surface area (Å²) < 4.78 is 11.5. The molecule has 5 nitrogen and oxygen atoms in total. The molecule has 0 N–H and O–H groups in total. The van der Waals surface area contributed by atoms with Crippen LogP contribution in [-0.4, -0.2) is 17.8 Å². The van der Waals surface area contributed by atoms with Crippen molar-refractivity contribution in [1.82, 2.24) is 0 Å². The number of hydrogen-bond acceptors (Lipinski definition) is 5. The van der Waals surface area contributed by atoms with Gasteiger partial charge in [-0.3, -0.25) is 0 Å². The van der Waals surface area contributed by atoms with Gasteiger partial charge in [0.25, 0.3) is 0 Å². The fraction of sp³-hybridized carbons (Fsp3) is 0. The van der Waals surface area contributed by atoms with Crippen LogP contribution in [0.1, 0.15) is 21.5 Å². The van der Waals surface area contributed by atoms with Crippen molar-refractivity contribution in [2.75, 3.05) is 0 Å². The number of cyclic esters (lactones) is 1. The van der Waals surface area contributed by atoms with Crippen LogP contribution in [0.15, 0.2) is 75.8 Å². The Labute approximate surface area is 206 Å². The molecule has 0 spiro atoms. The van der Waals surface area contributed by atoms with Gasteiger partial charge < -0.3 is 9.47 Å². The zero-order valence-electron chi connectivity index (χ0n) is 15.9. The van der Waals surface area contributed by atoms with Crippen LogP contribution in [0.4, 0.5) is 0 Å². The number of aliphatic imine (C=N–C) groups is 1. The van der Waals surface area contributed by atoms with E-state index >= 15 is 0 Å². The summed E-state index contributed by atoms with van der Waals surface area (Å²) in [7, 11) is 0. The Bertz CT molecular complexity index is 1320. The number of rotatable bonds is 4. The third kappa shape index (κ3) is 4.89. The van der Waals surface area contributed by atoms with Crippen LogP contribution in [0.2, 0.25) is 15.1 Å². The summed E-state index contributed by atoms with van der Waals surface area (Å²) in [5.41, 5.74) is 1.09. The maximum absolute atomic E-state index is 12.6. The monoisotopic (exact) mass is 549 g/mol. The Morgan fingerprint density at radius 1 is 1.00 bits per heavy atom. The highest BCUT2D eigenvalue weighted by Gasteiger charge is 2.26. The van der Waals surface area contributed by atoms with Gasteiger partial charge in [0.1, 0.15) is 5.75 Å². The molecule has 1 heterocycles. The molecule has 0 aromatic heterocycles. The molecule has 0 saturated heterocycles. The molecule has 3 aromatic carbocycles. The lowest BCUT2D eigenvalue weighted by Gasteiger charge is -2.09. The summed E-state index contributed by atoms with van der Waals surface area (Å²) >= 11 is 21.5. The molecule has 0 aliphatic carbocycles. The van der Waals surface area contributed by atoms with Crippen LogP contribution >= 0.6 is 50.7 Å². The average molecular weight is 552 g/mol. The number of carbonyl (C=O) groups excluding carboxylic acids is 2. The van der Waals surface area contributed by atoms with E-state index < -0.39 is 11.9 Å². The normalized spacial score (nSPS) is 14.3. The second kappa shape index (κ2) is 9.46. The van der Waals surface area contributed by atoms with Crippen molar-refractivity contribution in [2.24, 2.45) is 4.99 Å². The topological polar surface area (TPSA) is 65.0 Å². The summed E-state index contributed by atoms with van der Waals surface area (Å²) in [5.74, 6) is -1.04. The van der Waals surface area contributed by atoms with Crippen LogP contribution in [0.3, 0.4) is 0 Å². The number of carbonyl (C=O) groups is 2. The molecule has 0 amide bonds. The van der Waals surface area contributed by atoms with Gasteiger partial charge in [-0.25, -0.2) is 14.6 Å². The number of esters is 2. The zero-order chi connectivity index (χ0) is 22.8. The standard InChI is InChI=1S/C23H11BrCl3NO4/c24-13-5-8-20(31-22(29)16-7-6-14(25)11-18(16)27)12(9-13)10-19-23(30)32-21(28-19)15-3-1-2-4-17(15)26/h1-11H/b19-10-. The molecule has 0 atom stereocenters. The summed E-state index contributed by atoms with van der Waals surface area (Å²) in [6.07, 6.45) is 1.46. The summed E-state index contributed by atoms with van der Waals surface area (Å²) in [4.78, 5) is 29.3. The Balaban J connectivity index is 1.68. The molecular formula is C23H11BrCl3NO4. The molecule has 4 rings (SSSR count). The molecular weight excluding hydrogens is 541 g/mol. The summed E-state index contributed by atoms with van der Waals surface area (Å²) in [5, 5.41) is 0.956. The zero-order valence-corrected chi connectivity index (χ0v) is 19.8. The second-order valence-electron chi connectivity index (χ2n) is 6.51. The lowest BCUT2D eigenvalue weighted by atomic mass is 10.1.